The third kappa shape index (κ3) is 1.66. The molecule has 0 fully saturated rings. The highest BCUT2D eigenvalue weighted by Gasteiger charge is 2.03. The van der Waals surface area contributed by atoms with Gasteiger partial charge in [-0.15, -0.1) is 0 Å². The van der Waals surface area contributed by atoms with Crippen LogP contribution in [0.3, 0.4) is 0 Å². The van der Waals surface area contributed by atoms with E-state index < -0.39 is 0 Å². The van der Waals surface area contributed by atoms with Crippen molar-refractivity contribution in [1.29, 1.82) is 0 Å². The second kappa shape index (κ2) is 3.15. The summed E-state index contributed by atoms with van der Waals surface area (Å²) in [5, 5.41) is 0. The molecule has 1 aromatic heterocycles. The zero-order chi connectivity index (χ0) is 8.43. The Bertz CT molecular complexity index is 250. The van der Waals surface area contributed by atoms with Gasteiger partial charge in [0.15, 0.2) is 0 Å². The van der Waals surface area contributed by atoms with Crippen LogP contribution in [0.1, 0.15) is 11.4 Å². The molecule has 0 aliphatic heterocycles. The molecule has 4 nitrogen and oxygen atoms in total. The molecule has 0 atom stereocenters. The zero-order valence-electron chi connectivity index (χ0n) is 6.35. The van der Waals surface area contributed by atoms with Crippen molar-refractivity contribution in [1.82, 2.24) is 9.97 Å². The fourth-order valence-corrected chi connectivity index (χ4v) is 0.945. The average molecular weight is 217 g/mol. The number of nitrogens with two attached hydrogens (primary N) is 1. The van der Waals surface area contributed by atoms with Crippen molar-refractivity contribution < 1.29 is 0 Å². The van der Waals surface area contributed by atoms with Gasteiger partial charge in [0.1, 0.15) is 0 Å². The van der Waals surface area contributed by atoms with Crippen molar-refractivity contribution in [3.05, 3.63) is 15.9 Å². The molecule has 1 aromatic rings. The molecule has 0 amide bonds. The van der Waals surface area contributed by atoms with Crippen molar-refractivity contribution >= 4 is 21.9 Å². The van der Waals surface area contributed by atoms with Gasteiger partial charge < -0.3 is 0 Å². The number of hydrogen-bond donors (Lipinski definition) is 2. The minimum atomic E-state index is 0.447. The molecular weight excluding hydrogens is 208 g/mol. The van der Waals surface area contributed by atoms with Crippen LogP contribution in [0, 0.1) is 13.8 Å². The summed E-state index contributed by atoms with van der Waals surface area (Å²) in [5.74, 6) is 5.59. The van der Waals surface area contributed by atoms with Gasteiger partial charge in [-0.1, -0.05) is 0 Å². The van der Waals surface area contributed by atoms with Gasteiger partial charge in [-0.2, -0.15) is 0 Å². The van der Waals surface area contributed by atoms with Gasteiger partial charge in [0.05, 0.1) is 15.9 Å². The number of hydrogen-bond acceptors (Lipinski definition) is 4. The Labute approximate surface area is 73.3 Å². The first-order valence-electron chi connectivity index (χ1n) is 3.12. The molecule has 0 aromatic carbocycles. The normalized spacial score (nSPS) is 9.82. The number of nitrogen functional groups attached to an aromatic ring is 1. The Balaban J connectivity index is 3.21. The molecule has 0 saturated carbocycles. The molecule has 1 rings (SSSR count). The number of aryl methyl sites for hydroxylation is 2. The molecule has 5 heteroatoms. The van der Waals surface area contributed by atoms with E-state index in [2.05, 4.69) is 31.3 Å². The summed E-state index contributed by atoms with van der Waals surface area (Å²) in [4.78, 5) is 8.12. The van der Waals surface area contributed by atoms with Crippen LogP contribution < -0.4 is 11.3 Å². The van der Waals surface area contributed by atoms with Gasteiger partial charge in [-0.3, -0.25) is 5.43 Å². The van der Waals surface area contributed by atoms with E-state index >= 15 is 0 Å². The Morgan fingerprint density at radius 3 is 2.09 bits per heavy atom. The van der Waals surface area contributed by atoms with Crippen LogP contribution in [-0.2, 0) is 0 Å². The molecule has 0 aliphatic carbocycles. The maximum absolute atomic E-state index is 5.15. The summed E-state index contributed by atoms with van der Waals surface area (Å²) >= 11 is 3.35. The second-order valence-electron chi connectivity index (χ2n) is 2.18. The maximum Gasteiger partial charge on any atom is 0.237 e. The monoisotopic (exact) mass is 216 g/mol. The van der Waals surface area contributed by atoms with Gasteiger partial charge in [0.2, 0.25) is 5.95 Å². The minimum absolute atomic E-state index is 0.447. The molecule has 3 N–H and O–H groups in total. The summed E-state index contributed by atoms with van der Waals surface area (Å²) < 4.78 is 0.927. The Kier molecular flexibility index (Phi) is 2.41. The van der Waals surface area contributed by atoms with Gasteiger partial charge >= 0.3 is 0 Å². The smallest absolute Gasteiger partial charge is 0.237 e. The number of nitrogens with one attached hydrogen (secondary N) is 1. The summed E-state index contributed by atoms with van der Waals surface area (Å²) in [6, 6.07) is 0. The predicted molar refractivity (Wildman–Crippen MR) is 47.0 cm³/mol. The molecule has 0 unspecified atom stereocenters. The van der Waals surface area contributed by atoms with E-state index in [9.17, 15) is 0 Å². The summed E-state index contributed by atoms with van der Waals surface area (Å²) in [5.41, 5.74) is 4.15. The van der Waals surface area contributed by atoms with Crippen molar-refractivity contribution in [3.8, 4) is 0 Å². The van der Waals surface area contributed by atoms with Gasteiger partial charge in [0, 0.05) is 0 Å². The lowest BCUT2D eigenvalue weighted by molar-refractivity contribution is 1.02. The van der Waals surface area contributed by atoms with E-state index in [4.69, 9.17) is 5.84 Å². The van der Waals surface area contributed by atoms with Crippen LogP contribution in [0.25, 0.3) is 0 Å². The largest absolute Gasteiger partial charge is 0.292 e. The third-order valence-corrected chi connectivity index (χ3v) is 2.46. The molecule has 0 spiro atoms. The van der Waals surface area contributed by atoms with Gasteiger partial charge in [-0.05, 0) is 29.8 Å². The average Bonchev–Trinajstić information content (AvgIpc) is 1.99. The quantitative estimate of drug-likeness (QED) is 0.546. The van der Waals surface area contributed by atoms with Crippen LogP contribution in [0.2, 0.25) is 0 Å². The molecule has 1 heterocycles. The van der Waals surface area contributed by atoms with Crippen LogP contribution in [-0.4, -0.2) is 9.97 Å². The van der Waals surface area contributed by atoms with E-state index in [1.807, 2.05) is 13.8 Å². The SMILES string of the molecule is Cc1nc(NN)nc(C)c1Br. The van der Waals surface area contributed by atoms with Crippen LogP contribution in [0.4, 0.5) is 5.95 Å². The predicted octanol–water partition coefficient (Wildman–Crippen LogP) is 1.14. The van der Waals surface area contributed by atoms with Crippen molar-refractivity contribution in [3.63, 3.8) is 0 Å². The number of hydrazine groups is 1. The minimum Gasteiger partial charge on any atom is -0.292 e. The van der Waals surface area contributed by atoms with Crippen molar-refractivity contribution in [2.24, 2.45) is 5.84 Å². The van der Waals surface area contributed by atoms with E-state index in [-0.39, 0.29) is 0 Å². The maximum atomic E-state index is 5.15. The summed E-state index contributed by atoms with van der Waals surface area (Å²) in [6.07, 6.45) is 0. The molecule has 0 saturated heterocycles. The van der Waals surface area contributed by atoms with Crippen molar-refractivity contribution in [2.45, 2.75) is 13.8 Å². The summed E-state index contributed by atoms with van der Waals surface area (Å²) in [7, 11) is 0. The lowest BCUT2D eigenvalue weighted by atomic mass is 10.4. The molecular formula is C6H9BrN4. The summed E-state index contributed by atoms with van der Waals surface area (Å²) in [6.45, 7) is 3.78. The van der Waals surface area contributed by atoms with E-state index in [0.717, 1.165) is 15.9 Å². The molecule has 60 valence electrons. The van der Waals surface area contributed by atoms with Crippen LogP contribution in [0.5, 0.6) is 0 Å². The van der Waals surface area contributed by atoms with E-state index in [1.54, 1.807) is 0 Å². The highest BCUT2D eigenvalue weighted by molar-refractivity contribution is 9.10. The Hall–Kier alpha value is -0.680. The second-order valence-corrected chi connectivity index (χ2v) is 2.97. The number of halogens is 1. The van der Waals surface area contributed by atoms with Gasteiger partial charge in [0.25, 0.3) is 0 Å². The first-order chi connectivity index (χ1) is 5.15. The number of anilines is 1. The Morgan fingerprint density at radius 1 is 1.27 bits per heavy atom. The first-order valence-corrected chi connectivity index (χ1v) is 3.92. The van der Waals surface area contributed by atoms with Gasteiger partial charge in [-0.25, -0.2) is 15.8 Å². The fourth-order valence-electron chi connectivity index (χ4n) is 0.767. The molecule has 0 radical (unpaired) electrons. The molecule has 0 aliphatic rings. The van der Waals surface area contributed by atoms with Crippen LogP contribution >= 0.6 is 15.9 Å². The van der Waals surface area contributed by atoms with E-state index in [0.29, 0.717) is 5.95 Å². The number of aromatic nitrogens is 2. The first kappa shape index (κ1) is 8.42. The molecule has 11 heavy (non-hydrogen) atoms. The topological polar surface area (TPSA) is 63.8 Å². The highest BCUT2D eigenvalue weighted by Crippen LogP contribution is 2.18. The van der Waals surface area contributed by atoms with E-state index in [1.165, 1.54) is 0 Å². The standard InChI is InChI=1S/C6H9BrN4/c1-3-5(7)4(2)10-6(9-3)11-8/h8H2,1-2H3,(H,9,10,11). The highest BCUT2D eigenvalue weighted by atomic mass is 79.9. The lowest BCUT2D eigenvalue weighted by Crippen LogP contribution is -2.11. The number of nitrogens with zero attached hydrogens (tertiary/aromatic N) is 2. The van der Waals surface area contributed by atoms with Crippen LogP contribution in [0.15, 0.2) is 4.47 Å². The Morgan fingerprint density at radius 2 is 1.73 bits per heavy atom. The van der Waals surface area contributed by atoms with Crippen molar-refractivity contribution in [2.75, 3.05) is 5.43 Å². The fraction of sp³-hybridized carbons (Fsp3) is 0.333. The lowest BCUT2D eigenvalue weighted by Gasteiger charge is -2.03. The third-order valence-electron chi connectivity index (χ3n) is 1.31. The molecule has 0 bridgehead atoms. The number of rotatable bonds is 1. The zero-order valence-corrected chi connectivity index (χ0v) is 7.94.